The average Bonchev–Trinajstić information content (AvgIpc) is 2.45. The number of amides is 3. The number of benzene rings is 1. The second kappa shape index (κ2) is 8.97. The number of anilines is 1. The van der Waals surface area contributed by atoms with Crippen molar-refractivity contribution in [3.8, 4) is 0 Å². The second-order valence-corrected chi connectivity index (χ2v) is 4.89. The Morgan fingerprint density at radius 3 is 2.67 bits per heavy atom. The molecule has 0 fully saturated rings. The van der Waals surface area contributed by atoms with E-state index in [0.29, 0.717) is 18.8 Å². The maximum absolute atomic E-state index is 11.7. The standard InChI is InChI=1S/C15H24N4O2/c1-3-8-17-14(20)7-9-18-15(21)19-13-6-4-5-12(10-13)11(2)16/h4-6,10-11H,3,7-9,16H2,1-2H3,(H,17,20)(H2,18,19,21). The molecule has 1 aromatic rings. The largest absolute Gasteiger partial charge is 0.356 e. The number of urea groups is 1. The van der Waals surface area contributed by atoms with Gasteiger partial charge < -0.3 is 21.7 Å². The average molecular weight is 292 g/mol. The molecule has 0 aromatic heterocycles. The molecular formula is C15H24N4O2. The lowest BCUT2D eigenvalue weighted by Gasteiger charge is -2.10. The van der Waals surface area contributed by atoms with Crippen molar-refractivity contribution in [3.63, 3.8) is 0 Å². The molecular weight excluding hydrogens is 268 g/mol. The van der Waals surface area contributed by atoms with Gasteiger partial charge >= 0.3 is 6.03 Å². The van der Waals surface area contributed by atoms with Crippen LogP contribution in [0.5, 0.6) is 0 Å². The van der Waals surface area contributed by atoms with Crippen molar-refractivity contribution in [1.29, 1.82) is 0 Å². The van der Waals surface area contributed by atoms with Crippen molar-refractivity contribution in [2.75, 3.05) is 18.4 Å². The highest BCUT2D eigenvalue weighted by atomic mass is 16.2. The summed E-state index contributed by atoms with van der Waals surface area (Å²) in [6.07, 6.45) is 1.17. The normalized spacial score (nSPS) is 11.6. The quantitative estimate of drug-likeness (QED) is 0.616. The first-order valence-corrected chi connectivity index (χ1v) is 7.20. The lowest BCUT2D eigenvalue weighted by Crippen LogP contribution is -2.33. The smallest absolute Gasteiger partial charge is 0.319 e. The van der Waals surface area contributed by atoms with Crippen LogP contribution in [0.3, 0.4) is 0 Å². The zero-order chi connectivity index (χ0) is 15.7. The third-order valence-electron chi connectivity index (χ3n) is 2.88. The zero-order valence-corrected chi connectivity index (χ0v) is 12.6. The van der Waals surface area contributed by atoms with Gasteiger partial charge in [-0.15, -0.1) is 0 Å². The van der Waals surface area contributed by atoms with Gasteiger partial charge in [-0.2, -0.15) is 0 Å². The van der Waals surface area contributed by atoms with Crippen LogP contribution in [0.15, 0.2) is 24.3 Å². The molecule has 6 nitrogen and oxygen atoms in total. The van der Waals surface area contributed by atoms with Crippen molar-refractivity contribution in [1.82, 2.24) is 10.6 Å². The topological polar surface area (TPSA) is 96.2 Å². The van der Waals surface area contributed by atoms with Crippen LogP contribution in [0.4, 0.5) is 10.5 Å². The van der Waals surface area contributed by atoms with E-state index in [1.54, 1.807) is 6.07 Å². The minimum absolute atomic E-state index is 0.0592. The number of hydrogen-bond donors (Lipinski definition) is 4. The number of nitrogens with one attached hydrogen (secondary N) is 3. The summed E-state index contributed by atoms with van der Waals surface area (Å²) >= 11 is 0. The van der Waals surface area contributed by atoms with Gasteiger partial charge in [0.05, 0.1) is 0 Å². The van der Waals surface area contributed by atoms with Gasteiger partial charge in [0.1, 0.15) is 0 Å². The Morgan fingerprint density at radius 1 is 1.24 bits per heavy atom. The summed E-state index contributed by atoms with van der Waals surface area (Å²) in [5.74, 6) is -0.0592. The van der Waals surface area contributed by atoms with Crippen LogP contribution in [-0.4, -0.2) is 25.0 Å². The molecule has 0 aliphatic rings. The van der Waals surface area contributed by atoms with Gasteiger partial charge in [0.25, 0.3) is 0 Å². The minimum atomic E-state index is -0.333. The predicted octanol–water partition coefficient (Wildman–Crippen LogP) is 1.74. The van der Waals surface area contributed by atoms with Crippen LogP contribution in [0.2, 0.25) is 0 Å². The molecule has 0 spiro atoms. The van der Waals surface area contributed by atoms with Gasteiger partial charge in [-0.3, -0.25) is 4.79 Å². The molecule has 0 bridgehead atoms. The number of carbonyl (C=O) groups is 2. The van der Waals surface area contributed by atoms with Crippen molar-refractivity contribution in [2.24, 2.45) is 5.73 Å². The van der Waals surface area contributed by atoms with Crippen LogP contribution in [-0.2, 0) is 4.79 Å². The molecule has 0 saturated heterocycles. The van der Waals surface area contributed by atoms with E-state index in [1.807, 2.05) is 32.0 Å². The molecule has 5 N–H and O–H groups in total. The van der Waals surface area contributed by atoms with Crippen LogP contribution >= 0.6 is 0 Å². The molecule has 0 radical (unpaired) electrons. The Balaban J connectivity index is 2.34. The summed E-state index contributed by atoms with van der Waals surface area (Å²) in [7, 11) is 0. The monoisotopic (exact) mass is 292 g/mol. The SMILES string of the molecule is CCCNC(=O)CCNC(=O)Nc1cccc(C(C)N)c1. The second-order valence-electron chi connectivity index (χ2n) is 4.89. The lowest BCUT2D eigenvalue weighted by molar-refractivity contribution is -0.120. The van der Waals surface area contributed by atoms with Crippen molar-refractivity contribution in [3.05, 3.63) is 29.8 Å². The van der Waals surface area contributed by atoms with Gasteiger partial charge in [0, 0.05) is 31.2 Å². The molecule has 0 heterocycles. The molecule has 0 aliphatic carbocycles. The highest BCUT2D eigenvalue weighted by molar-refractivity contribution is 5.89. The first-order valence-electron chi connectivity index (χ1n) is 7.20. The number of carbonyl (C=O) groups excluding carboxylic acids is 2. The Kier molecular flexibility index (Phi) is 7.25. The van der Waals surface area contributed by atoms with Crippen LogP contribution < -0.4 is 21.7 Å². The Bertz CT molecular complexity index is 474. The molecule has 116 valence electrons. The first-order chi connectivity index (χ1) is 10.0. The summed E-state index contributed by atoms with van der Waals surface area (Å²) < 4.78 is 0. The van der Waals surface area contributed by atoms with Crippen LogP contribution in [0.25, 0.3) is 0 Å². The molecule has 6 heteroatoms. The van der Waals surface area contributed by atoms with Crippen LogP contribution in [0, 0.1) is 0 Å². The Labute approximate surface area is 125 Å². The highest BCUT2D eigenvalue weighted by Gasteiger charge is 2.05. The highest BCUT2D eigenvalue weighted by Crippen LogP contribution is 2.15. The molecule has 1 rings (SSSR count). The third kappa shape index (κ3) is 6.76. The molecule has 3 amide bonds. The van der Waals surface area contributed by atoms with Crippen LogP contribution in [0.1, 0.15) is 38.3 Å². The fourth-order valence-electron chi connectivity index (χ4n) is 1.72. The predicted molar refractivity (Wildman–Crippen MR) is 84.0 cm³/mol. The number of rotatable bonds is 7. The molecule has 0 saturated carbocycles. The van der Waals surface area contributed by atoms with E-state index in [9.17, 15) is 9.59 Å². The summed E-state index contributed by atoms with van der Waals surface area (Å²) in [6.45, 7) is 4.83. The maximum atomic E-state index is 11.7. The summed E-state index contributed by atoms with van der Waals surface area (Å²) in [6, 6.07) is 6.95. The van der Waals surface area contributed by atoms with Crippen molar-refractivity contribution < 1.29 is 9.59 Å². The van der Waals surface area contributed by atoms with Gasteiger partial charge in [0.2, 0.25) is 5.91 Å². The van der Waals surface area contributed by atoms with Crippen molar-refractivity contribution in [2.45, 2.75) is 32.7 Å². The number of hydrogen-bond acceptors (Lipinski definition) is 3. The maximum Gasteiger partial charge on any atom is 0.319 e. The Hall–Kier alpha value is -2.08. The fourth-order valence-corrected chi connectivity index (χ4v) is 1.72. The van der Waals surface area contributed by atoms with E-state index in [2.05, 4.69) is 16.0 Å². The summed E-state index contributed by atoms with van der Waals surface area (Å²) in [5.41, 5.74) is 7.42. The minimum Gasteiger partial charge on any atom is -0.356 e. The van der Waals surface area contributed by atoms with E-state index in [-0.39, 0.29) is 24.4 Å². The van der Waals surface area contributed by atoms with E-state index < -0.39 is 0 Å². The van der Waals surface area contributed by atoms with Gasteiger partial charge in [0.15, 0.2) is 0 Å². The van der Waals surface area contributed by atoms with E-state index in [4.69, 9.17) is 5.73 Å². The Morgan fingerprint density at radius 2 is 2.00 bits per heavy atom. The third-order valence-corrected chi connectivity index (χ3v) is 2.88. The summed E-state index contributed by atoms with van der Waals surface area (Å²) in [5, 5.41) is 8.11. The molecule has 1 atom stereocenters. The molecule has 1 aromatic carbocycles. The first kappa shape index (κ1) is 17.0. The van der Waals surface area contributed by atoms with Gasteiger partial charge in [-0.05, 0) is 31.0 Å². The van der Waals surface area contributed by atoms with E-state index in [0.717, 1.165) is 12.0 Å². The molecule has 21 heavy (non-hydrogen) atoms. The van der Waals surface area contributed by atoms with Crippen molar-refractivity contribution >= 4 is 17.6 Å². The van der Waals surface area contributed by atoms with E-state index in [1.165, 1.54) is 0 Å². The van der Waals surface area contributed by atoms with Gasteiger partial charge in [-0.1, -0.05) is 19.1 Å². The lowest BCUT2D eigenvalue weighted by atomic mass is 10.1. The molecule has 0 aliphatic heterocycles. The molecule has 1 unspecified atom stereocenters. The zero-order valence-electron chi connectivity index (χ0n) is 12.6. The fraction of sp³-hybridized carbons (Fsp3) is 0.467. The number of nitrogens with two attached hydrogens (primary N) is 1. The summed E-state index contributed by atoms with van der Waals surface area (Å²) in [4.78, 5) is 23.1. The van der Waals surface area contributed by atoms with E-state index >= 15 is 0 Å². The van der Waals surface area contributed by atoms with Gasteiger partial charge in [-0.25, -0.2) is 4.79 Å².